The minimum absolute atomic E-state index is 0.222. The number of hydrogen-bond acceptors (Lipinski definition) is 4. The summed E-state index contributed by atoms with van der Waals surface area (Å²) in [4.78, 5) is 4.46. The van der Waals surface area contributed by atoms with Crippen molar-refractivity contribution in [2.45, 2.75) is 0 Å². The molecule has 2 aromatic carbocycles. The molecule has 2 heterocycles. The molecule has 0 saturated carbocycles. The molecule has 6 nitrogen and oxygen atoms in total. The van der Waals surface area contributed by atoms with Crippen molar-refractivity contribution < 1.29 is 5.11 Å². The third-order valence-electron chi connectivity index (χ3n) is 3.28. The van der Waals surface area contributed by atoms with Gasteiger partial charge in [-0.15, -0.1) is 0 Å². The lowest BCUT2D eigenvalue weighted by atomic mass is 10.2. The number of aromatic hydroxyl groups is 1. The van der Waals surface area contributed by atoms with Crippen LogP contribution in [0.5, 0.6) is 5.75 Å². The Balaban J connectivity index is 2.06. The Morgan fingerprint density at radius 3 is 2.70 bits per heavy atom. The van der Waals surface area contributed by atoms with Gasteiger partial charge in [0.05, 0.1) is 11.0 Å². The van der Waals surface area contributed by atoms with Crippen molar-refractivity contribution in [3.05, 3.63) is 42.5 Å². The summed E-state index contributed by atoms with van der Waals surface area (Å²) in [7, 11) is 0. The van der Waals surface area contributed by atoms with Crippen LogP contribution >= 0.6 is 0 Å². The Bertz CT molecular complexity index is 920. The molecule has 4 N–H and O–H groups in total. The predicted molar refractivity (Wildman–Crippen MR) is 76.4 cm³/mol. The van der Waals surface area contributed by atoms with Crippen LogP contribution in [0.3, 0.4) is 0 Å². The van der Waals surface area contributed by atoms with Gasteiger partial charge in [-0.25, -0.2) is 10.1 Å². The van der Waals surface area contributed by atoms with Crippen LogP contribution in [0.15, 0.2) is 42.5 Å². The lowest BCUT2D eigenvalue weighted by molar-refractivity contribution is 0.475. The summed E-state index contributed by atoms with van der Waals surface area (Å²) < 4.78 is 1.91. The van der Waals surface area contributed by atoms with Crippen LogP contribution in [0, 0.1) is 0 Å². The van der Waals surface area contributed by atoms with Crippen molar-refractivity contribution in [2.24, 2.45) is 0 Å². The molecule has 4 aromatic rings. The molecule has 0 atom stereocenters. The fraction of sp³-hybridized carbons (Fsp3) is 0. The molecule has 0 bridgehead atoms. The van der Waals surface area contributed by atoms with Crippen LogP contribution in [-0.4, -0.2) is 24.7 Å². The molecule has 0 unspecified atom stereocenters. The highest BCUT2D eigenvalue weighted by atomic mass is 16.3. The lowest BCUT2D eigenvalue weighted by Gasteiger charge is -2.00. The number of phenols is 1. The highest BCUT2D eigenvalue weighted by Crippen LogP contribution is 2.25. The van der Waals surface area contributed by atoms with E-state index in [1.165, 1.54) is 0 Å². The molecule has 0 spiro atoms. The number of nitrogens with zero attached hydrogens (tertiary/aromatic N) is 3. The maximum atomic E-state index is 9.37. The second-order valence-electron chi connectivity index (χ2n) is 4.61. The summed E-state index contributed by atoms with van der Waals surface area (Å²) in [5.41, 5.74) is 9.16. The number of fused-ring (bicyclic) bond motifs is 3. The average Bonchev–Trinajstić information content (AvgIpc) is 2.99. The Kier molecular flexibility index (Phi) is 2.03. The zero-order chi connectivity index (χ0) is 13.7. The third kappa shape index (κ3) is 1.45. The van der Waals surface area contributed by atoms with Crippen LogP contribution in [0.25, 0.3) is 28.2 Å². The van der Waals surface area contributed by atoms with Gasteiger partial charge < -0.3 is 10.8 Å². The first-order valence-corrected chi connectivity index (χ1v) is 6.14. The number of aromatic nitrogens is 4. The first-order chi connectivity index (χ1) is 9.72. The molecule has 0 aliphatic heterocycles. The van der Waals surface area contributed by atoms with Crippen LogP contribution in [0.2, 0.25) is 0 Å². The standard InChI is InChI=1S/C14H11N5O/c15-9-3-6-11-12(7-9)19-13(17-18-14(19)16-11)8-1-4-10(20)5-2-8/h1-7,20H,15H2,(H,16,18). The summed E-state index contributed by atoms with van der Waals surface area (Å²) in [6.07, 6.45) is 0. The predicted octanol–water partition coefficient (Wildman–Crippen LogP) is 2.17. The number of nitrogens with two attached hydrogens (primary N) is 1. The van der Waals surface area contributed by atoms with Crippen molar-refractivity contribution in [1.82, 2.24) is 19.6 Å². The second-order valence-corrected chi connectivity index (χ2v) is 4.61. The molecule has 20 heavy (non-hydrogen) atoms. The summed E-state index contributed by atoms with van der Waals surface area (Å²) in [5.74, 6) is 1.61. The summed E-state index contributed by atoms with van der Waals surface area (Å²) in [5, 5.41) is 16.6. The lowest BCUT2D eigenvalue weighted by Crippen LogP contribution is -1.89. The van der Waals surface area contributed by atoms with Crippen molar-refractivity contribution in [3.63, 3.8) is 0 Å². The van der Waals surface area contributed by atoms with Crippen LogP contribution in [-0.2, 0) is 0 Å². The van der Waals surface area contributed by atoms with Gasteiger partial charge >= 0.3 is 0 Å². The van der Waals surface area contributed by atoms with Gasteiger partial charge in [-0.1, -0.05) is 0 Å². The summed E-state index contributed by atoms with van der Waals surface area (Å²) >= 11 is 0. The van der Waals surface area contributed by atoms with Crippen molar-refractivity contribution in [1.29, 1.82) is 0 Å². The largest absolute Gasteiger partial charge is 0.508 e. The quantitative estimate of drug-likeness (QED) is 0.460. The zero-order valence-corrected chi connectivity index (χ0v) is 10.4. The molecular formula is C14H11N5O. The van der Waals surface area contributed by atoms with Gasteiger partial charge in [-0.05, 0) is 42.5 Å². The van der Waals surface area contributed by atoms with Crippen LogP contribution in [0.1, 0.15) is 0 Å². The summed E-state index contributed by atoms with van der Waals surface area (Å²) in [6.45, 7) is 0. The van der Waals surface area contributed by atoms with Gasteiger partial charge in [0.2, 0.25) is 5.78 Å². The molecule has 0 aliphatic rings. The number of phenolic OH excluding ortho intramolecular Hbond substituents is 1. The Morgan fingerprint density at radius 1 is 1.10 bits per heavy atom. The van der Waals surface area contributed by atoms with E-state index in [-0.39, 0.29) is 5.75 Å². The first-order valence-electron chi connectivity index (χ1n) is 6.14. The van der Waals surface area contributed by atoms with E-state index in [1.807, 2.05) is 34.7 Å². The maximum Gasteiger partial charge on any atom is 0.230 e. The highest BCUT2D eigenvalue weighted by molar-refractivity contribution is 5.84. The van der Waals surface area contributed by atoms with E-state index in [0.717, 1.165) is 22.4 Å². The molecule has 0 saturated heterocycles. The topological polar surface area (TPSA) is 92.2 Å². The number of imidazole rings is 1. The number of nitrogens with one attached hydrogen (secondary N) is 1. The van der Waals surface area contributed by atoms with Gasteiger partial charge in [-0.3, -0.25) is 4.40 Å². The number of hydrogen-bond donors (Lipinski definition) is 3. The van der Waals surface area contributed by atoms with E-state index >= 15 is 0 Å². The number of benzene rings is 2. The molecule has 0 fully saturated rings. The normalized spacial score (nSPS) is 11.4. The minimum atomic E-state index is 0.222. The molecule has 2 aromatic heterocycles. The molecular weight excluding hydrogens is 254 g/mol. The molecule has 4 rings (SSSR count). The highest BCUT2D eigenvalue weighted by Gasteiger charge is 2.13. The van der Waals surface area contributed by atoms with Crippen molar-refractivity contribution in [2.75, 3.05) is 5.73 Å². The SMILES string of the molecule is Nc1ccc2nc3[nH]nc(-c4ccc(O)cc4)n3c2c1. The number of H-pyrrole nitrogens is 1. The van der Waals surface area contributed by atoms with Crippen LogP contribution in [0.4, 0.5) is 5.69 Å². The monoisotopic (exact) mass is 265 g/mol. The number of rotatable bonds is 1. The Labute approximate surface area is 113 Å². The van der Waals surface area contributed by atoms with Crippen molar-refractivity contribution in [3.8, 4) is 17.1 Å². The van der Waals surface area contributed by atoms with Crippen molar-refractivity contribution >= 4 is 22.5 Å². The molecule has 6 heteroatoms. The van der Waals surface area contributed by atoms with E-state index in [2.05, 4.69) is 15.2 Å². The second kappa shape index (κ2) is 3.74. The van der Waals surface area contributed by atoms with Crippen LogP contribution < -0.4 is 5.73 Å². The number of nitrogen functional groups attached to an aromatic ring is 1. The van der Waals surface area contributed by atoms with E-state index in [1.54, 1.807) is 12.1 Å². The Morgan fingerprint density at radius 2 is 1.90 bits per heavy atom. The summed E-state index contributed by atoms with van der Waals surface area (Å²) in [6, 6.07) is 12.4. The van der Waals surface area contributed by atoms with Gasteiger partial charge in [-0.2, -0.15) is 5.10 Å². The van der Waals surface area contributed by atoms with E-state index < -0.39 is 0 Å². The smallest absolute Gasteiger partial charge is 0.230 e. The van der Waals surface area contributed by atoms with Gasteiger partial charge in [0.15, 0.2) is 5.82 Å². The average molecular weight is 265 g/mol. The van der Waals surface area contributed by atoms with Gasteiger partial charge in [0.25, 0.3) is 0 Å². The van der Waals surface area contributed by atoms with Gasteiger partial charge in [0, 0.05) is 11.3 Å². The van der Waals surface area contributed by atoms with E-state index in [4.69, 9.17) is 5.73 Å². The fourth-order valence-corrected chi connectivity index (χ4v) is 2.34. The van der Waals surface area contributed by atoms with E-state index in [0.29, 0.717) is 11.5 Å². The fourth-order valence-electron chi connectivity index (χ4n) is 2.34. The third-order valence-corrected chi connectivity index (χ3v) is 3.28. The number of anilines is 1. The first kappa shape index (κ1) is 10.9. The molecule has 0 radical (unpaired) electrons. The Hall–Kier alpha value is -3.02. The minimum Gasteiger partial charge on any atom is -0.508 e. The number of aromatic amines is 1. The zero-order valence-electron chi connectivity index (χ0n) is 10.4. The van der Waals surface area contributed by atoms with Gasteiger partial charge in [0.1, 0.15) is 5.75 Å². The van der Waals surface area contributed by atoms with E-state index in [9.17, 15) is 5.11 Å². The molecule has 98 valence electrons. The maximum absolute atomic E-state index is 9.37. The molecule has 0 amide bonds. The molecule has 0 aliphatic carbocycles.